The topological polar surface area (TPSA) is 49.7 Å². The summed E-state index contributed by atoms with van der Waals surface area (Å²) in [4.78, 5) is 0. The molecule has 3 heteroatoms. The molecule has 168 valence electrons. The highest BCUT2D eigenvalue weighted by molar-refractivity contribution is 5.45. The van der Waals surface area contributed by atoms with Crippen LogP contribution in [-0.4, -0.2) is 22.9 Å². The van der Waals surface area contributed by atoms with E-state index in [2.05, 4.69) is 0 Å². The molecule has 4 aromatic rings. The Morgan fingerprint density at radius 1 is 0.636 bits per heavy atom. The summed E-state index contributed by atoms with van der Waals surface area (Å²) in [5.74, 6) is 0. The van der Waals surface area contributed by atoms with Crippen LogP contribution in [0, 0.1) is 0 Å². The van der Waals surface area contributed by atoms with Gasteiger partial charge < -0.3 is 14.9 Å². The molecule has 0 radical (unpaired) electrons. The van der Waals surface area contributed by atoms with E-state index in [4.69, 9.17) is 4.74 Å². The van der Waals surface area contributed by atoms with Crippen molar-refractivity contribution in [3.8, 4) is 0 Å². The maximum Gasteiger partial charge on any atom is 0.148 e. The Morgan fingerprint density at radius 3 is 1.45 bits per heavy atom. The van der Waals surface area contributed by atoms with Gasteiger partial charge in [0.25, 0.3) is 0 Å². The van der Waals surface area contributed by atoms with Crippen LogP contribution in [0.5, 0.6) is 0 Å². The van der Waals surface area contributed by atoms with Crippen LogP contribution in [0.15, 0.2) is 121 Å². The molecule has 2 atom stereocenters. The average molecular weight is 439 g/mol. The van der Waals surface area contributed by atoms with Gasteiger partial charge in [0.15, 0.2) is 0 Å². The lowest BCUT2D eigenvalue weighted by atomic mass is 9.66. The van der Waals surface area contributed by atoms with E-state index in [9.17, 15) is 10.2 Å². The highest BCUT2D eigenvalue weighted by atomic mass is 16.5. The monoisotopic (exact) mass is 438 g/mol. The van der Waals surface area contributed by atoms with E-state index >= 15 is 0 Å². The van der Waals surface area contributed by atoms with E-state index in [0.29, 0.717) is 6.42 Å². The Bertz CT molecular complexity index is 1070. The molecule has 4 rings (SSSR count). The molecule has 0 aromatic heterocycles. The third-order valence-corrected chi connectivity index (χ3v) is 6.07. The lowest BCUT2D eigenvalue weighted by molar-refractivity contribution is -0.189. The second kappa shape index (κ2) is 10.1. The van der Waals surface area contributed by atoms with Crippen molar-refractivity contribution < 1.29 is 14.9 Å². The molecule has 33 heavy (non-hydrogen) atoms. The molecule has 4 aromatic carbocycles. The number of aliphatic hydroxyl groups is 2. The largest absolute Gasteiger partial charge is 0.391 e. The maximum absolute atomic E-state index is 12.9. The Balaban J connectivity index is 2.05. The second-order valence-corrected chi connectivity index (χ2v) is 8.46. The van der Waals surface area contributed by atoms with Gasteiger partial charge in [0, 0.05) is 6.42 Å². The molecule has 0 heterocycles. The lowest BCUT2D eigenvalue weighted by Crippen LogP contribution is -2.54. The first kappa shape index (κ1) is 22.9. The zero-order valence-electron chi connectivity index (χ0n) is 18.8. The zero-order valence-corrected chi connectivity index (χ0v) is 18.8. The quantitative estimate of drug-likeness (QED) is 0.365. The van der Waals surface area contributed by atoms with Crippen LogP contribution in [0.3, 0.4) is 0 Å². The van der Waals surface area contributed by atoms with Crippen LogP contribution in [0.25, 0.3) is 0 Å². The van der Waals surface area contributed by atoms with E-state index in [1.165, 1.54) is 0 Å². The van der Waals surface area contributed by atoms with Crippen LogP contribution in [0.1, 0.15) is 29.2 Å². The van der Waals surface area contributed by atoms with Gasteiger partial charge in [-0.3, -0.25) is 0 Å². The molecule has 0 aliphatic carbocycles. The van der Waals surface area contributed by atoms with Gasteiger partial charge >= 0.3 is 0 Å². The summed E-state index contributed by atoms with van der Waals surface area (Å²) in [5.41, 5.74) is 0.557. The molecule has 3 nitrogen and oxygen atoms in total. The van der Waals surface area contributed by atoms with Gasteiger partial charge in [-0.2, -0.15) is 0 Å². The SMILES string of the molecule is CC(O)COC(Cc1ccccc1)(c1ccccc1)C(O)(c1ccccc1)c1ccccc1. The molecule has 0 saturated heterocycles. The first-order valence-electron chi connectivity index (χ1n) is 11.3. The summed E-state index contributed by atoms with van der Waals surface area (Å²) in [5, 5.41) is 23.1. The number of ether oxygens (including phenoxy) is 1. The Morgan fingerprint density at radius 2 is 1.03 bits per heavy atom. The normalized spacial score (nSPS) is 14.4. The van der Waals surface area contributed by atoms with Crippen LogP contribution >= 0.6 is 0 Å². The van der Waals surface area contributed by atoms with Gasteiger partial charge in [-0.1, -0.05) is 121 Å². The standard InChI is InChI=1S/C30H30O3/c1-24(31)23-33-29(26-16-8-3-9-17-26,22-25-14-6-2-7-15-25)30(32,27-18-10-4-11-19-27)28-20-12-5-13-21-28/h2-21,24,31-32H,22-23H2,1H3. The number of rotatable bonds is 9. The Labute approximate surface area is 195 Å². The highest BCUT2D eigenvalue weighted by Crippen LogP contribution is 2.50. The van der Waals surface area contributed by atoms with Crippen molar-refractivity contribution in [2.75, 3.05) is 6.61 Å². The molecular weight excluding hydrogens is 408 g/mol. The molecule has 0 bridgehead atoms. The van der Waals surface area contributed by atoms with E-state index in [-0.39, 0.29) is 6.61 Å². The van der Waals surface area contributed by atoms with Crippen LogP contribution in [0.2, 0.25) is 0 Å². The number of benzene rings is 4. The molecule has 2 unspecified atom stereocenters. The molecular formula is C30H30O3. The molecule has 2 N–H and O–H groups in total. The van der Waals surface area contributed by atoms with Crippen LogP contribution in [-0.2, 0) is 22.4 Å². The van der Waals surface area contributed by atoms with Gasteiger partial charge in [0.05, 0.1) is 12.7 Å². The molecule has 0 aliphatic rings. The van der Waals surface area contributed by atoms with E-state index in [0.717, 1.165) is 22.3 Å². The lowest BCUT2D eigenvalue weighted by Gasteiger charge is -2.48. The molecule has 0 saturated carbocycles. The molecule has 0 fully saturated rings. The number of aliphatic hydroxyl groups excluding tert-OH is 1. The average Bonchev–Trinajstić information content (AvgIpc) is 2.88. The van der Waals surface area contributed by atoms with Crippen molar-refractivity contribution in [3.63, 3.8) is 0 Å². The summed E-state index contributed by atoms with van der Waals surface area (Å²) >= 11 is 0. The number of hydrogen-bond donors (Lipinski definition) is 2. The summed E-state index contributed by atoms with van der Waals surface area (Å²) < 4.78 is 6.66. The third-order valence-electron chi connectivity index (χ3n) is 6.07. The summed E-state index contributed by atoms with van der Waals surface area (Å²) in [6, 6.07) is 39.2. The van der Waals surface area contributed by atoms with Crippen molar-refractivity contribution in [2.45, 2.75) is 30.7 Å². The third kappa shape index (κ3) is 4.62. The Hall–Kier alpha value is -3.24. The predicted molar refractivity (Wildman–Crippen MR) is 132 cm³/mol. The van der Waals surface area contributed by atoms with Gasteiger partial charge in [-0.05, 0) is 29.2 Å². The molecule has 0 spiro atoms. The smallest absolute Gasteiger partial charge is 0.148 e. The fourth-order valence-electron chi connectivity index (χ4n) is 4.52. The molecule has 0 aliphatic heterocycles. The van der Waals surface area contributed by atoms with E-state index in [1.54, 1.807) is 6.92 Å². The highest BCUT2D eigenvalue weighted by Gasteiger charge is 2.55. The van der Waals surface area contributed by atoms with Crippen molar-refractivity contribution in [1.82, 2.24) is 0 Å². The van der Waals surface area contributed by atoms with Crippen molar-refractivity contribution in [3.05, 3.63) is 144 Å². The number of hydrogen-bond acceptors (Lipinski definition) is 3. The zero-order chi connectivity index (χ0) is 23.2. The fourth-order valence-corrected chi connectivity index (χ4v) is 4.52. The fraction of sp³-hybridized carbons (Fsp3) is 0.200. The maximum atomic E-state index is 12.9. The van der Waals surface area contributed by atoms with Crippen LogP contribution < -0.4 is 0 Å². The van der Waals surface area contributed by atoms with Gasteiger partial charge in [-0.15, -0.1) is 0 Å². The van der Waals surface area contributed by atoms with Gasteiger partial charge in [-0.25, -0.2) is 0 Å². The summed E-state index contributed by atoms with van der Waals surface area (Å²) in [7, 11) is 0. The predicted octanol–water partition coefficient (Wildman–Crippen LogP) is 5.46. The summed E-state index contributed by atoms with van der Waals surface area (Å²) in [6.07, 6.45) is -0.287. The van der Waals surface area contributed by atoms with Crippen molar-refractivity contribution >= 4 is 0 Å². The van der Waals surface area contributed by atoms with Gasteiger partial charge in [0.2, 0.25) is 0 Å². The first-order valence-corrected chi connectivity index (χ1v) is 11.3. The molecule has 0 amide bonds. The second-order valence-electron chi connectivity index (χ2n) is 8.46. The van der Waals surface area contributed by atoms with Gasteiger partial charge in [0.1, 0.15) is 11.2 Å². The first-order chi connectivity index (χ1) is 16.1. The van der Waals surface area contributed by atoms with Crippen molar-refractivity contribution in [2.24, 2.45) is 0 Å². The van der Waals surface area contributed by atoms with Crippen molar-refractivity contribution in [1.29, 1.82) is 0 Å². The minimum Gasteiger partial charge on any atom is -0.391 e. The summed E-state index contributed by atoms with van der Waals surface area (Å²) in [6.45, 7) is 1.77. The Kier molecular flexibility index (Phi) is 7.05. The van der Waals surface area contributed by atoms with E-state index in [1.807, 2.05) is 121 Å². The van der Waals surface area contributed by atoms with Crippen LogP contribution in [0.4, 0.5) is 0 Å². The van der Waals surface area contributed by atoms with E-state index < -0.39 is 17.3 Å². The minimum atomic E-state index is -1.54. The minimum absolute atomic E-state index is 0.0731.